The Bertz CT molecular complexity index is 1060. The van der Waals surface area contributed by atoms with Gasteiger partial charge in [0.2, 0.25) is 0 Å². The smallest absolute Gasteiger partial charge is 0.257 e. The third-order valence-electron chi connectivity index (χ3n) is 5.28. The monoisotopic (exact) mass is 381 g/mol. The predicted molar refractivity (Wildman–Crippen MR) is 106 cm³/mol. The minimum atomic E-state index is -0.698. The molecule has 0 N–H and O–H groups in total. The summed E-state index contributed by atoms with van der Waals surface area (Å²) in [4.78, 5) is 21.1. The lowest BCUT2D eigenvalue weighted by Crippen LogP contribution is -2.49. The summed E-state index contributed by atoms with van der Waals surface area (Å²) in [5.41, 5.74) is 3.04. The van der Waals surface area contributed by atoms with Crippen LogP contribution in [0.4, 0.5) is 14.6 Å². The lowest BCUT2D eigenvalue weighted by molar-refractivity contribution is 0.0741. The van der Waals surface area contributed by atoms with Crippen molar-refractivity contribution in [2.24, 2.45) is 0 Å². The summed E-state index contributed by atoms with van der Waals surface area (Å²) >= 11 is 0. The lowest BCUT2D eigenvalue weighted by Gasteiger charge is -2.35. The number of rotatable bonds is 2. The van der Waals surface area contributed by atoms with E-state index in [9.17, 15) is 13.6 Å². The van der Waals surface area contributed by atoms with Crippen molar-refractivity contribution < 1.29 is 13.6 Å². The summed E-state index contributed by atoms with van der Waals surface area (Å²) in [6.07, 6.45) is 0. The maximum absolute atomic E-state index is 13.9. The molecule has 0 radical (unpaired) electrons. The Hall–Kier alpha value is -3.02. The average Bonchev–Trinajstić information content (AvgIpc) is 2.70. The molecule has 0 bridgehead atoms. The summed E-state index contributed by atoms with van der Waals surface area (Å²) < 4.78 is 27.3. The van der Waals surface area contributed by atoms with Gasteiger partial charge in [-0.05, 0) is 49.2 Å². The summed E-state index contributed by atoms with van der Waals surface area (Å²) in [6.45, 7) is 6.16. The molecule has 0 atom stereocenters. The second-order valence-electron chi connectivity index (χ2n) is 7.17. The fourth-order valence-electron chi connectivity index (χ4n) is 3.68. The first kappa shape index (κ1) is 18.3. The van der Waals surface area contributed by atoms with E-state index in [-0.39, 0.29) is 5.56 Å². The van der Waals surface area contributed by atoms with Gasteiger partial charge in [0, 0.05) is 31.6 Å². The minimum Gasteiger partial charge on any atom is -0.353 e. The number of para-hydroxylation sites is 1. The van der Waals surface area contributed by atoms with Crippen molar-refractivity contribution in [3.63, 3.8) is 0 Å². The number of carbonyl (C=O) groups excluding carboxylic acids is 1. The molecule has 2 aromatic carbocycles. The van der Waals surface area contributed by atoms with Crippen molar-refractivity contribution in [2.45, 2.75) is 13.8 Å². The molecule has 1 aliphatic heterocycles. The van der Waals surface area contributed by atoms with Gasteiger partial charge in [0.05, 0.1) is 11.1 Å². The van der Waals surface area contributed by atoms with E-state index in [1.807, 2.05) is 19.1 Å². The van der Waals surface area contributed by atoms with E-state index in [0.717, 1.165) is 46.0 Å². The Morgan fingerprint density at radius 3 is 2.46 bits per heavy atom. The number of hydrogen-bond donors (Lipinski definition) is 0. The molecular weight excluding hydrogens is 360 g/mol. The van der Waals surface area contributed by atoms with Gasteiger partial charge in [-0.3, -0.25) is 4.79 Å². The second-order valence-corrected chi connectivity index (χ2v) is 7.17. The quantitative estimate of drug-likeness (QED) is 0.671. The van der Waals surface area contributed by atoms with Crippen LogP contribution in [0.5, 0.6) is 0 Å². The molecule has 1 amide bonds. The zero-order valence-corrected chi connectivity index (χ0v) is 15.9. The highest BCUT2D eigenvalue weighted by molar-refractivity contribution is 5.94. The highest BCUT2D eigenvalue weighted by Crippen LogP contribution is 2.25. The van der Waals surface area contributed by atoms with Gasteiger partial charge in [-0.25, -0.2) is 13.8 Å². The molecule has 28 heavy (non-hydrogen) atoms. The minimum absolute atomic E-state index is 0.219. The first-order chi connectivity index (χ1) is 13.4. The molecule has 4 rings (SSSR count). The number of amides is 1. The number of halogens is 2. The highest BCUT2D eigenvalue weighted by Gasteiger charge is 2.25. The van der Waals surface area contributed by atoms with Gasteiger partial charge in [-0.1, -0.05) is 18.2 Å². The van der Waals surface area contributed by atoms with Crippen molar-refractivity contribution in [3.05, 3.63) is 70.8 Å². The third kappa shape index (κ3) is 3.30. The maximum atomic E-state index is 13.9. The number of anilines is 1. The van der Waals surface area contributed by atoms with Crippen LogP contribution in [0, 0.1) is 25.5 Å². The van der Waals surface area contributed by atoms with Crippen LogP contribution in [0.1, 0.15) is 21.5 Å². The number of aryl methyl sites for hydroxylation is 2. The van der Waals surface area contributed by atoms with Crippen LogP contribution < -0.4 is 4.90 Å². The van der Waals surface area contributed by atoms with E-state index >= 15 is 0 Å². The standard InChI is InChI=1S/C22H21F2N3O/c1-14-4-3-5-17-15(2)12-20(25-21(14)17)26-8-10-27(11-9-26)22(28)18-13-16(23)6-7-19(18)24/h3-7,12-13H,8-11H2,1-2H3. The average molecular weight is 381 g/mol. The number of piperazine rings is 1. The highest BCUT2D eigenvalue weighted by atomic mass is 19.1. The van der Waals surface area contributed by atoms with E-state index < -0.39 is 17.5 Å². The fourth-order valence-corrected chi connectivity index (χ4v) is 3.68. The molecule has 1 saturated heterocycles. The van der Waals surface area contributed by atoms with Crippen LogP contribution in [-0.2, 0) is 0 Å². The molecule has 6 heteroatoms. The molecule has 1 aromatic heterocycles. The SMILES string of the molecule is Cc1cc(N2CCN(C(=O)c3cc(F)ccc3F)CC2)nc2c(C)cccc12. The maximum Gasteiger partial charge on any atom is 0.257 e. The van der Waals surface area contributed by atoms with Gasteiger partial charge in [-0.15, -0.1) is 0 Å². The van der Waals surface area contributed by atoms with Gasteiger partial charge in [0.25, 0.3) is 5.91 Å². The predicted octanol–water partition coefficient (Wildman–Crippen LogP) is 4.09. The van der Waals surface area contributed by atoms with E-state index in [1.165, 1.54) is 0 Å². The van der Waals surface area contributed by atoms with E-state index in [0.29, 0.717) is 26.2 Å². The van der Waals surface area contributed by atoms with E-state index in [2.05, 4.69) is 24.0 Å². The first-order valence-electron chi connectivity index (χ1n) is 9.30. The molecule has 4 nitrogen and oxygen atoms in total. The lowest BCUT2D eigenvalue weighted by atomic mass is 10.1. The Kier molecular flexibility index (Phi) is 4.71. The largest absolute Gasteiger partial charge is 0.353 e. The summed E-state index contributed by atoms with van der Waals surface area (Å²) in [7, 11) is 0. The van der Waals surface area contributed by atoms with Crippen molar-refractivity contribution in [1.29, 1.82) is 0 Å². The van der Waals surface area contributed by atoms with Crippen LogP contribution in [0.15, 0.2) is 42.5 Å². The van der Waals surface area contributed by atoms with Crippen molar-refractivity contribution >= 4 is 22.6 Å². The molecule has 2 heterocycles. The van der Waals surface area contributed by atoms with Crippen molar-refractivity contribution in [1.82, 2.24) is 9.88 Å². The van der Waals surface area contributed by atoms with Crippen molar-refractivity contribution in [2.75, 3.05) is 31.1 Å². The Balaban J connectivity index is 1.53. The van der Waals surface area contributed by atoms with Crippen LogP contribution in [0.25, 0.3) is 10.9 Å². The molecule has 0 unspecified atom stereocenters. The molecule has 0 spiro atoms. The molecule has 3 aromatic rings. The normalized spacial score (nSPS) is 14.6. The van der Waals surface area contributed by atoms with Crippen LogP contribution in [-0.4, -0.2) is 42.0 Å². The van der Waals surface area contributed by atoms with Crippen LogP contribution >= 0.6 is 0 Å². The van der Waals surface area contributed by atoms with Crippen LogP contribution in [0.3, 0.4) is 0 Å². The van der Waals surface area contributed by atoms with E-state index in [1.54, 1.807) is 4.90 Å². The molecule has 144 valence electrons. The fraction of sp³-hybridized carbons (Fsp3) is 0.273. The molecular formula is C22H21F2N3O. The first-order valence-corrected chi connectivity index (χ1v) is 9.30. The van der Waals surface area contributed by atoms with Crippen LogP contribution in [0.2, 0.25) is 0 Å². The Morgan fingerprint density at radius 2 is 1.71 bits per heavy atom. The van der Waals surface area contributed by atoms with Gasteiger partial charge in [-0.2, -0.15) is 0 Å². The Morgan fingerprint density at radius 1 is 0.964 bits per heavy atom. The summed E-state index contributed by atoms with van der Waals surface area (Å²) in [6, 6.07) is 11.2. The van der Waals surface area contributed by atoms with Gasteiger partial charge < -0.3 is 9.80 Å². The number of benzene rings is 2. The van der Waals surface area contributed by atoms with Gasteiger partial charge >= 0.3 is 0 Å². The second kappa shape index (κ2) is 7.19. The number of fused-ring (bicyclic) bond motifs is 1. The number of aromatic nitrogens is 1. The van der Waals surface area contributed by atoms with Gasteiger partial charge in [0.1, 0.15) is 17.5 Å². The number of carbonyl (C=O) groups is 1. The zero-order chi connectivity index (χ0) is 19.8. The number of nitrogens with zero attached hydrogens (tertiary/aromatic N) is 3. The number of hydrogen-bond acceptors (Lipinski definition) is 3. The molecule has 1 fully saturated rings. The number of pyridine rings is 1. The van der Waals surface area contributed by atoms with E-state index in [4.69, 9.17) is 4.98 Å². The van der Waals surface area contributed by atoms with Gasteiger partial charge in [0.15, 0.2) is 0 Å². The molecule has 0 aliphatic carbocycles. The molecule has 0 saturated carbocycles. The Labute approximate surface area is 162 Å². The molecule has 1 aliphatic rings. The summed E-state index contributed by atoms with van der Waals surface area (Å²) in [5, 5.41) is 1.14. The summed E-state index contributed by atoms with van der Waals surface area (Å²) in [5.74, 6) is -0.913. The van der Waals surface area contributed by atoms with Crippen molar-refractivity contribution in [3.8, 4) is 0 Å². The topological polar surface area (TPSA) is 36.4 Å². The zero-order valence-electron chi connectivity index (χ0n) is 15.9. The third-order valence-corrected chi connectivity index (χ3v) is 5.28.